The highest BCUT2D eigenvalue weighted by Gasteiger charge is 2.48. The summed E-state index contributed by atoms with van der Waals surface area (Å²) in [5.41, 5.74) is -0.765. The molecule has 0 aromatic carbocycles. The number of piperidine rings is 1. The molecule has 1 aromatic heterocycles. The molecule has 0 amide bonds. The van der Waals surface area contributed by atoms with Gasteiger partial charge < -0.3 is 9.84 Å². The Balaban J connectivity index is 1.61. The first-order valence-electron chi connectivity index (χ1n) is 8.37. The van der Waals surface area contributed by atoms with Crippen molar-refractivity contribution in [2.75, 3.05) is 45.9 Å². The second-order valence-electron chi connectivity index (χ2n) is 7.47. The topological polar surface area (TPSA) is 35.9 Å². The number of morpholine rings is 1. The van der Waals surface area contributed by atoms with Crippen molar-refractivity contribution in [1.82, 2.24) is 9.80 Å². The fourth-order valence-electron chi connectivity index (χ4n) is 3.68. The second-order valence-corrected chi connectivity index (χ2v) is 9.27. The van der Waals surface area contributed by atoms with E-state index >= 15 is 0 Å². The van der Waals surface area contributed by atoms with Crippen LogP contribution in [0.5, 0.6) is 0 Å². The number of rotatable bonds is 4. The maximum atomic E-state index is 11.3. The van der Waals surface area contributed by atoms with Crippen molar-refractivity contribution in [2.45, 2.75) is 32.4 Å². The molecular formula is C17H27ClN2O2S. The molecule has 0 bridgehead atoms. The number of hydrogen-bond donors (Lipinski definition) is 1. The van der Waals surface area contributed by atoms with Crippen LogP contribution in [0.15, 0.2) is 12.1 Å². The van der Waals surface area contributed by atoms with E-state index in [2.05, 4.69) is 29.7 Å². The molecule has 2 saturated heterocycles. The fourth-order valence-corrected chi connectivity index (χ4v) is 4.81. The van der Waals surface area contributed by atoms with Crippen LogP contribution >= 0.6 is 22.9 Å². The number of aliphatic hydroxyl groups is 1. The molecule has 1 N–H and O–H groups in total. The summed E-state index contributed by atoms with van der Waals surface area (Å²) in [5.74, 6) is 0. The predicted octanol–water partition coefficient (Wildman–Crippen LogP) is 2.70. The van der Waals surface area contributed by atoms with Crippen LogP contribution in [0.1, 0.15) is 25.1 Å². The van der Waals surface area contributed by atoms with Gasteiger partial charge in [0.15, 0.2) is 0 Å². The predicted molar refractivity (Wildman–Crippen MR) is 95.2 cm³/mol. The summed E-state index contributed by atoms with van der Waals surface area (Å²) in [6.45, 7) is 11.3. The summed E-state index contributed by atoms with van der Waals surface area (Å²) >= 11 is 7.68. The normalized spacial score (nSPS) is 29.7. The van der Waals surface area contributed by atoms with E-state index in [1.165, 1.54) is 4.88 Å². The highest BCUT2D eigenvalue weighted by atomic mass is 35.5. The van der Waals surface area contributed by atoms with Crippen molar-refractivity contribution >= 4 is 22.9 Å². The lowest BCUT2D eigenvalue weighted by Crippen LogP contribution is -2.62. The summed E-state index contributed by atoms with van der Waals surface area (Å²) < 4.78 is 6.27. The summed E-state index contributed by atoms with van der Waals surface area (Å²) in [5, 5.41) is 11.3. The summed E-state index contributed by atoms with van der Waals surface area (Å²) in [6.07, 6.45) is 0.816. The van der Waals surface area contributed by atoms with Crippen LogP contribution in [-0.4, -0.2) is 66.4 Å². The fraction of sp³-hybridized carbons (Fsp3) is 0.765. The molecular weight excluding hydrogens is 332 g/mol. The number of likely N-dealkylation sites (tertiary alicyclic amines) is 1. The molecule has 2 aliphatic heterocycles. The molecule has 1 unspecified atom stereocenters. The Morgan fingerprint density at radius 3 is 2.57 bits per heavy atom. The summed E-state index contributed by atoms with van der Waals surface area (Å²) in [4.78, 5) is 6.08. The Kier molecular flexibility index (Phi) is 5.36. The first-order valence-corrected chi connectivity index (χ1v) is 9.56. The van der Waals surface area contributed by atoms with Gasteiger partial charge in [-0.15, -0.1) is 11.3 Å². The van der Waals surface area contributed by atoms with Gasteiger partial charge in [0.05, 0.1) is 23.2 Å². The lowest BCUT2D eigenvalue weighted by atomic mass is 9.69. The molecule has 3 rings (SSSR count). The van der Waals surface area contributed by atoms with Crippen molar-refractivity contribution in [3.8, 4) is 0 Å². The number of β-amino-alcohol motifs (C(OH)–C–C–N with tert-alkyl or cyclic N) is 1. The van der Waals surface area contributed by atoms with E-state index in [-0.39, 0.29) is 5.41 Å². The van der Waals surface area contributed by atoms with Crippen LogP contribution in [0, 0.1) is 5.41 Å². The van der Waals surface area contributed by atoms with Gasteiger partial charge in [0.1, 0.15) is 0 Å². The Bertz CT molecular complexity index is 530. The van der Waals surface area contributed by atoms with Crippen LogP contribution in [0.4, 0.5) is 0 Å². The zero-order valence-electron chi connectivity index (χ0n) is 14.1. The average molecular weight is 359 g/mol. The van der Waals surface area contributed by atoms with Crippen molar-refractivity contribution < 1.29 is 9.84 Å². The van der Waals surface area contributed by atoms with Gasteiger partial charge in [0, 0.05) is 49.6 Å². The van der Waals surface area contributed by atoms with Gasteiger partial charge in [-0.2, -0.15) is 0 Å². The van der Waals surface area contributed by atoms with Crippen molar-refractivity contribution in [3.05, 3.63) is 21.3 Å². The van der Waals surface area contributed by atoms with E-state index in [0.717, 1.165) is 63.2 Å². The van der Waals surface area contributed by atoms with Crippen LogP contribution in [-0.2, 0) is 11.3 Å². The summed E-state index contributed by atoms with van der Waals surface area (Å²) in [6, 6.07) is 4.07. The van der Waals surface area contributed by atoms with Gasteiger partial charge in [-0.25, -0.2) is 0 Å². The number of nitrogens with zero attached hydrogens (tertiary/aromatic N) is 2. The van der Waals surface area contributed by atoms with Crippen molar-refractivity contribution in [3.63, 3.8) is 0 Å². The standard InChI is InChI=1S/C17H27ClN2O2S/c1-16(2)12-20(11-14-3-4-15(18)23-14)6-5-17(16,21)13-19-7-9-22-10-8-19/h3-4,21H,5-13H2,1-2H3. The number of ether oxygens (including phenoxy) is 1. The SMILES string of the molecule is CC1(C)CN(Cc2ccc(Cl)s2)CCC1(O)CN1CCOCC1. The zero-order valence-corrected chi connectivity index (χ0v) is 15.6. The van der Waals surface area contributed by atoms with E-state index in [1.807, 2.05) is 6.07 Å². The lowest BCUT2D eigenvalue weighted by molar-refractivity contribution is -0.140. The molecule has 0 saturated carbocycles. The van der Waals surface area contributed by atoms with E-state index < -0.39 is 5.60 Å². The third kappa shape index (κ3) is 4.09. The highest BCUT2D eigenvalue weighted by Crippen LogP contribution is 2.40. The van der Waals surface area contributed by atoms with E-state index in [9.17, 15) is 5.11 Å². The molecule has 23 heavy (non-hydrogen) atoms. The maximum Gasteiger partial charge on any atom is 0.0931 e. The Labute approximate surface area is 148 Å². The van der Waals surface area contributed by atoms with Crippen LogP contribution in [0.2, 0.25) is 4.34 Å². The molecule has 0 aliphatic carbocycles. The molecule has 1 aromatic rings. The van der Waals surface area contributed by atoms with Crippen molar-refractivity contribution in [1.29, 1.82) is 0 Å². The molecule has 0 spiro atoms. The third-order valence-electron chi connectivity index (χ3n) is 5.32. The van der Waals surface area contributed by atoms with Gasteiger partial charge in [0.2, 0.25) is 0 Å². The number of hydrogen-bond acceptors (Lipinski definition) is 5. The molecule has 0 radical (unpaired) electrons. The molecule has 130 valence electrons. The number of halogens is 1. The van der Waals surface area contributed by atoms with Gasteiger partial charge >= 0.3 is 0 Å². The Hall–Kier alpha value is -0.170. The van der Waals surface area contributed by atoms with Crippen molar-refractivity contribution in [2.24, 2.45) is 5.41 Å². The van der Waals surface area contributed by atoms with Crippen LogP contribution in [0.3, 0.4) is 0 Å². The van der Waals surface area contributed by atoms with Gasteiger partial charge in [0.25, 0.3) is 0 Å². The monoisotopic (exact) mass is 358 g/mol. The second kappa shape index (κ2) is 6.98. The molecule has 6 heteroatoms. The summed E-state index contributed by atoms with van der Waals surface area (Å²) in [7, 11) is 0. The molecule has 2 aliphatic rings. The third-order valence-corrected chi connectivity index (χ3v) is 6.53. The van der Waals surface area contributed by atoms with Crippen LogP contribution < -0.4 is 0 Å². The lowest BCUT2D eigenvalue weighted by Gasteiger charge is -2.52. The molecule has 3 heterocycles. The Morgan fingerprint density at radius 1 is 1.22 bits per heavy atom. The average Bonchev–Trinajstić information content (AvgIpc) is 2.89. The van der Waals surface area contributed by atoms with Gasteiger partial charge in [-0.3, -0.25) is 9.80 Å². The number of thiophene rings is 1. The first kappa shape index (κ1) is 17.6. The van der Waals surface area contributed by atoms with E-state index in [0.29, 0.717) is 0 Å². The van der Waals surface area contributed by atoms with E-state index in [1.54, 1.807) is 11.3 Å². The first-order chi connectivity index (χ1) is 10.9. The quantitative estimate of drug-likeness (QED) is 0.897. The van der Waals surface area contributed by atoms with E-state index in [4.69, 9.17) is 16.3 Å². The zero-order chi connectivity index (χ0) is 16.5. The molecule has 4 nitrogen and oxygen atoms in total. The van der Waals surface area contributed by atoms with Gasteiger partial charge in [-0.05, 0) is 18.6 Å². The Morgan fingerprint density at radius 2 is 1.96 bits per heavy atom. The van der Waals surface area contributed by atoms with Crippen LogP contribution in [0.25, 0.3) is 0 Å². The molecule has 2 fully saturated rings. The minimum atomic E-state index is -0.631. The largest absolute Gasteiger partial charge is 0.388 e. The maximum absolute atomic E-state index is 11.3. The molecule has 1 atom stereocenters. The smallest absolute Gasteiger partial charge is 0.0931 e. The van der Waals surface area contributed by atoms with Gasteiger partial charge in [-0.1, -0.05) is 25.4 Å². The minimum absolute atomic E-state index is 0.134. The minimum Gasteiger partial charge on any atom is -0.388 e. The highest BCUT2D eigenvalue weighted by molar-refractivity contribution is 7.16.